The Labute approximate surface area is 127 Å². The van der Waals surface area contributed by atoms with Crippen molar-refractivity contribution < 1.29 is 9.18 Å². The summed E-state index contributed by atoms with van der Waals surface area (Å²) in [5.41, 5.74) is 1.45. The van der Waals surface area contributed by atoms with E-state index in [1.165, 1.54) is 30.2 Å². The van der Waals surface area contributed by atoms with Crippen molar-refractivity contribution in [1.29, 1.82) is 0 Å². The third-order valence-corrected chi connectivity index (χ3v) is 4.11. The number of anilines is 1. The number of aromatic nitrogens is 2. The van der Waals surface area contributed by atoms with E-state index in [4.69, 9.17) is 0 Å². The fourth-order valence-corrected chi connectivity index (χ4v) is 2.69. The van der Waals surface area contributed by atoms with Crippen molar-refractivity contribution in [3.63, 3.8) is 0 Å². The first-order valence-electron chi connectivity index (χ1n) is 6.60. The zero-order chi connectivity index (χ0) is 15.2. The van der Waals surface area contributed by atoms with E-state index in [0.29, 0.717) is 12.1 Å². The fraction of sp³-hybridized carbons (Fsp3) is 0.267. The summed E-state index contributed by atoms with van der Waals surface area (Å²) in [5, 5.41) is 3.29. The van der Waals surface area contributed by atoms with Gasteiger partial charge in [-0.3, -0.25) is 4.79 Å². The Kier molecular flexibility index (Phi) is 5.27. The molecule has 1 atom stereocenters. The molecule has 0 aliphatic carbocycles. The average Bonchev–Trinajstić information content (AvgIpc) is 2.47. The molecule has 0 spiro atoms. The van der Waals surface area contributed by atoms with Gasteiger partial charge in [0.15, 0.2) is 0 Å². The number of carbonyl (C=O) groups is 1. The molecule has 110 valence electrons. The number of nitrogens with one attached hydrogen (secondary N) is 1. The van der Waals surface area contributed by atoms with Crippen LogP contribution >= 0.6 is 11.8 Å². The Hall–Kier alpha value is -1.95. The standard InChI is InChI=1S/C15H16FN3OS/c1-3-13(21-14-8-10(2)17-9-18-14)15(20)19-12-6-4-11(16)5-7-12/h4-9,13H,3H2,1-2H3,(H,19,20)/t13-/m1/s1. The van der Waals surface area contributed by atoms with E-state index in [-0.39, 0.29) is 17.0 Å². The van der Waals surface area contributed by atoms with Gasteiger partial charge in [0, 0.05) is 11.4 Å². The summed E-state index contributed by atoms with van der Waals surface area (Å²) in [6.45, 7) is 3.82. The largest absolute Gasteiger partial charge is 0.325 e. The lowest BCUT2D eigenvalue weighted by Gasteiger charge is -2.14. The van der Waals surface area contributed by atoms with Gasteiger partial charge in [-0.05, 0) is 43.7 Å². The number of benzene rings is 1. The van der Waals surface area contributed by atoms with E-state index in [9.17, 15) is 9.18 Å². The Bertz CT molecular complexity index is 619. The first-order chi connectivity index (χ1) is 10.1. The Morgan fingerprint density at radius 1 is 1.33 bits per heavy atom. The maximum atomic E-state index is 12.8. The maximum absolute atomic E-state index is 12.8. The average molecular weight is 305 g/mol. The molecule has 0 aliphatic heterocycles. The molecular weight excluding hydrogens is 289 g/mol. The molecule has 0 radical (unpaired) electrons. The molecule has 1 heterocycles. The van der Waals surface area contributed by atoms with Gasteiger partial charge in [-0.15, -0.1) is 0 Å². The van der Waals surface area contributed by atoms with Crippen LogP contribution in [0.1, 0.15) is 19.0 Å². The van der Waals surface area contributed by atoms with Crippen molar-refractivity contribution in [3.05, 3.63) is 48.2 Å². The molecule has 1 amide bonds. The van der Waals surface area contributed by atoms with Gasteiger partial charge < -0.3 is 5.32 Å². The first-order valence-corrected chi connectivity index (χ1v) is 7.48. The third-order valence-electron chi connectivity index (χ3n) is 2.82. The SMILES string of the molecule is CC[C@@H](Sc1cc(C)ncn1)C(=O)Nc1ccc(F)cc1. The van der Waals surface area contributed by atoms with E-state index < -0.39 is 0 Å². The summed E-state index contributed by atoms with van der Waals surface area (Å²) in [5.74, 6) is -0.448. The van der Waals surface area contributed by atoms with Gasteiger partial charge in [0.25, 0.3) is 0 Å². The van der Waals surface area contributed by atoms with Gasteiger partial charge in [-0.25, -0.2) is 14.4 Å². The minimum absolute atomic E-state index is 0.120. The second-order valence-electron chi connectivity index (χ2n) is 4.51. The summed E-state index contributed by atoms with van der Waals surface area (Å²) in [6, 6.07) is 7.56. The zero-order valence-corrected chi connectivity index (χ0v) is 12.7. The van der Waals surface area contributed by atoms with Crippen LogP contribution in [0, 0.1) is 12.7 Å². The molecular formula is C15H16FN3OS. The molecule has 4 nitrogen and oxygen atoms in total. The predicted octanol–water partition coefficient (Wildman–Crippen LogP) is 3.43. The number of hydrogen-bond donors (Lipinski definition) is 1. The number of nitrogens with zero attached hydrogens (tertiary/aromatic N) is 2. The number of aryl methyl sites for hydroxylation is 1. The molecule has 1 N–H and O–H groups in total. The van der Waals surface area contributed by atoms with Crippen LogP contribution in [0.3, 0.4) is 0 Å². The topological polar surface area (TPSA) is 54.9 Å². The van der Waals surface area contributed by atoms with Crippen LogP contribution in [0.2, 0.25) is 0 Å². The molecule has 1 aromatic heterocycles. The minimum atomic E-state index is -0.328. The van der Waals surface area contributed by atoms with E-state index in [1.807, 2.05) is 19.9 Å². The first kappa shape index (κ1) is 15.4. The molecule has 0 saturated carbocycles. The maximum Gasteiger partial charge on any atom is 0.237 e. The molecule has 2 aromatic rings. The Morgan fingerprint density at radius 3 is 2.67 bits per heavy atom. The highest BCUT2D eigenvalue weighted by Gasteiger charge is 2.18. The van der Waals surface area contributed by atoms with E-state index in [2.05, 4.69) is 15.3 Å². The number of carbonyl (C=O) groups excluding carboxylic acids is 1. The lowest BCUT2D eigenvalue weighted by molar-refractivity contribution is -0.115. The summed E-state index contributed by atoms with van der Waals surface area (Å²) >= 11 is 1.40. The van der Waals surface area contributed by atoms with Crippen LogP contribution in [0.4, 0.5) is 10.1 Å². The Balaban J connectivity index is 2.03. The number of halogens is 1. The number of hydrogen-bond acceptors (Lipinski definition) is 4. The van der Waals surface area contributed by atoms with Crippen molar-refractivity contribution in [3.8, 4) is 0 Å². The molecule has 0 fully saturated rings. The fourth-order valence-electron chi connectivity index (χ4n) is 1.72. The van der Waals surface area contributed by atoms with Gasteiger partial charge in [0.2, 0.25) is 5.91 Å². The van der Waals surface area contributed by atoms with Crippen LogP contribution in [0.5, 0.6) is 0 Å². The highest BCUT2D eigenvalue weighted by molar-refractivity contribution is 8.00. The Morgan fingerprint density at radius 2 is 2.05 bits per heavy atom. The van der Waals surface area contributed by atoms with Gasteiger partial charge >= 0.3 is 0 Å². The highest BCUT2D eigenvalue weighted by Crippen LogP contribution is 2.25. The van der Waals surface area contributed by atoms with Crippen molar-refractivity contribution >= 4 is 23.4 Å². The number of thioether (sulfide) groups is 1. The van der Waals surface area contributed by atoms with Crippen LogP contribution < -0.4 is 5.32 Å². The summed E-state index contributed by atoms with van der Waals surface area (Å²) in [6.07, 6.45) is 2.16. The monoisotopic (exact) mass is 305 g/mol. The molecule has 0 unspecified atom stereocenters. The molecule has 2 rings (SSSR count). The molecule has 0 bridgehead atoms. The lowest BCUT2D eigenvalue weighted by atomic mass is 10.2. The van der Waals surface area contributed by atoms with E-state index >= 15 is 0 Å². The summed E-state index contributed by atoms with van der Waals surface area (Å²) < 4.78 is 12.8. The predicted molar refractivity (Wildman–Crippen MR) is 81.7 cm³/mol. The molecule has 21 heavy (non-hydrogen) atoms. The molecule has 0 saturated heterocycles. The normalized spacial score (nSPS) is 12.0. The van der Waals surface area contributed by atoms with Crippen molar-refractivity contribution in [2.24, 2.45) is 0 Å². The van der Waals surface area contributed by atoms with Gasteiger partial charge in [0.1, 0.15) is 17.2 Å². The molecule has 6 heteroatoms. The smallest absolute Gasteiger partial charge is 0.237 e. The molecule has 1 aromatic carbocycles. The summed E-state index contributed by atoms with van der Waals surface area (Å²) in [4.78, 5) is 20.4. The second kappa shape index (κ2) is 7.17. The number of rotatable bonds is 5. The third kappa shape index (κ3) is 4.53. The number of amides is 1. The van der Waals surface area contributed by atoms with Crippen molar-refractivity contribution in [2.75, 3.05) is 5.32 Å². The van der Waals surface area contributed by atoms with Gasteiger partial charge in [-0.1, -0.05) is 18.7 Å². The van der Waals surface area contributed by atoms with Crippen LogP contribution in [0.15, 0.2) is 41.7 Å². The zero-order valence-electron chi connectivity index (χ0n) is 11.8. The van der Waals surface area contributed by atoms with E-state index in [1.54, 1.807) is 12.1 Å². The van der Waals surface area contributed by atoms with Crippen molar-refractivity contribution in [1.82, 2.24) is 9.97 Å². The lowest BCUT2D eigenvalue weighted by Crippen LogP contribution is -2.24. The minimum Gasteiger partial charge on any atom is -0.325 e. The quantitative estimate of drug-likeness (QED) is 0.679. The van der Waals surface area contributed by atoms with Crippen LogP contribution in [0.25, 0.3) is 0 Å². The van der Waals surface area contributed by atoms with Crippen LogP contribution in [-0.2, 0) is 4.79 Å². The van der Waals surface area contributed by atoms with Crippen molar-refractivity contribution in [2.45, 2.75) is 30.5 Å². The van der Waals surface area contributed by atoms with Gasteiger partial charge in [0.05, 0.1) is 5.25 Å². The second-order valence-corrected chi connectivity index (χ2v) is 5.73. The van der Waals surface area contributed by atoms with Crippen LogP contribution in [-0.4, -0.2) is 21.1 Å². The van der Waals surface area contributed by atoms with E-state index in [0.717, 1.165) is 10.7 Å². The summed E-state index contributed by atoms with van der Waals surface area (Å²) in [7, 11) is 0. The molecule has 0 aliphatic rings. The highest BCUT2D eigenvalue weighted by atomic mass is 32.2. The van der Waals surface area contributed by atoms with Gasteiger partial charge in [-0.2, -0.15) is 0 Å².